The number of aromatic nitrogens is 4. The Labute approximate surface area is 206 Å². The Morgan fingerprint density at radius 2 is 2.00 bits per heavy atom. The molecule has 1 aromatic carbocycles. The summed E-state index contributed by atoms with van der Waals surface area (Å²) in [7, 11) is 1.36. The van der Waals surface area contributed by atoms with Gasteiger partial charge in [0.1, 0.15) is 17.9 Å². The predicted octanol–water partition coefficient (Wildman–Crippen LogP) is 3.32. The second-order valence-corrected chi connectivity index (χ2v) is 7.67. The summed E-state index contributed by atoms with van der Waals surface area (Å²) in [5.41, 5.74) is -1.61. The number of ether oxygens (including phenoxy) is 2. The number of aliphatic hydroxyl groups excluding tert-OH is 1. The van der Waals surface area contributed by atoms with Gasteiger partial charge in [-0.15, -0.1) is 5.10 Å². The van der Waals surface area contributed by atoms with Gasteiger partial charge in [-0.05, 0) is 32.0 Å². The molecule has 194 valence electrons. The van der Waals surface area contributed by atoms with Crippen LogP contribution in [0.2, 0.25) is 5.02 Å². The number of nitrogens with one attached hydrogen (secondary N) is 1. The van der Waals surface area contributed by atoms with Crippen LogP contribution in [0.25, 0.3) is 5.82 Å². The first-order chi connectivity index (χ1) is 16.9. The third kappa shape index (κ3) is 5.44. The molecule has 0 aliphatic heterocycles. The van der Waals surface area contributed by atoms with Crippen LogP contribution in [0.3, 0.4) is 0 Å². The van der Waals surface area contributed by atoms with Gasteiger partial charge in [-0.25, -0.2) is 9.18 Å². The zero-order valence-electron chi connectivity index (χ0n) is 19.1. The largest absolute Gasteiger partial charge is 0.497 e. The van der Waals surface area contributed by atoms with E-state index in [0.29, 0.717) is 23.4 Å². The zero-order valence-corrected chi connectivity index (χ0v) is 19.8. The molecule has 36 heavy (non-hydrogen) atoms. The van der Waals surface area contributed by atoms with E-state index in [4.69, 9.17) is 21.1 Å². The van der Waals surface area contributed by atoms with E-state index in [1.54, 1.807) is 6.92 Å². The standard InChI is InChI=1S/C21H20ClF4N5O5/c1-4-30-16(9-32)29-31(20(30)34)17-14(23)8-12(19(28-17)36-10(2)21(24,25)26)18(33)27-15-7-11(35-3)5-6-13(15)22/h5-8,10,32H,4,9H2,1-3H3,(H,27,33)/t10-/m0/s1. The number of nitrogens with zero attached hydrogens (tertiary/aromatic N) is 4. The maximum absolute atomic E-state index is 15.1. The van der Waals surface area contributed by atoms with Crippen LogP contribution >= 0.6 is 11.6 Å². The number of amides is 1. The van der Waals surface area contributed by atoms with Gasteiger partial charge in [0.15, 0.2) is 23.6 Å². The third-order valence-corrected chi connectivity index (χ3v) is 5.27. The maximum Gasteiger partial charge on any atom is 0.425 e. The highest BCUT2D eigenvalue weighted by Crippen LogP contribution is 2.31. The highest BCUT2D eigenvalue weighted by atomic mass is 35.5. The molecule has 0 saturated heterocycles. The average Bonchev–Trinajstić information content (AvgIpc) is 3.15. The Kier molecular flexibility index (Phi) is 7.89. The number of halogens is 5. The topological polar surface area (TPSA) is 120 Å². The van der Waals surface area contributed by atoms with Crippen LogP contribution in [-0.2, 0) is 13.2 Å². The SMILES string of the molecule is CCn1c(CO)nn(-c2nc(O[C@@H](C)C(F)(F)F)c(C(=O)Nc3cc(OC)ccc3Cl)cc2F)c1=O. The predicted molar refractivity (Wildman–Crippen MR) is 119 cm³/mol. The smallest absolute Gasteiger partial charge is 0.425 e. The molecule has 0 bridgehead atoms. The van der Waals surface area contributed by atoms with Crippen LogP contribution in [0.15, 0.2) is 29.1 Å². The van der Waals surface area contributed by atoms with Crippen LogP contribution in [0.4, 0.5) is 23.2 Å². The Bertz CT molecular complexity index is 1340. The zero-order chi connectivity index (χ0) is 26.8. The number of hydrogen-bond acceptors (Lipinski definition) is 7. The summed E-state index contributed by atoms with van der Waals surface area (Å²) < 4.78 is 66.1. The maximum atomic E-state index is 15.1. The van der Waals surface area contributed by atoms with Crippen LogP contribution in [0.1, 0.15) is 30.0 Å². The van der Waals surface area contributed by atoms with E-state index in [0.717, 1.165) is 4.57 Å². The number of alkyl halides is 3. The van der Waals surface area contributed by atoms with Crippen molar-refractivity contribution in [2.75, 3.05) is 12.4 Å². The molecule has 0 unspecified atom stereocenters. The summed E-state index contributed by atoms with van der Waals surface area (Å²) in [6, 6.07) is 4.79. The minimum atomic E-state index is -4.86. The van der Waals surface area contributed by atoms with Gasteiger partial charge in [-0.1, -0.05) is 11.6 Å². The summed E-state index contributed by atoms with van der Waals surface area (Å²) in [5, 5.41) is 15.6. The normalized spacial score (nSPS) is 12.4. The molecule has 0 aliphatic carbocycles. The van der Waals surface area contributed by atoms with Crippen molar-refractivity contribution < 1.29 is 36.9 Å². The van der Waals surface area contributed by atoms with Crippen molar-refractivity contribution in [3.63, 3.8) is 0 Å². The molecule has 15 heteroatoms. The molecule has 3 aromatic rings. The number of hydrogen-bond donors (Lipinski definition) is 2. The van der Waals surface area contributed by atoms with Gasteiger partial charge in [0.2, 0.25) is 5.88 Å². The fraction of sp³-hybridized carbons (Fsp3) is 0.333. The summed E-state index contributed by atoms with van der Waals surface area (Å²) in [6.45, 7) is 1.61. The van der Waals surface area contributed by atoms with Gasteiger partial charge in [-0.2, -0.15) is 22.8 Å². The molecule has 10 nitrogen and oxygen atoms in total. The minimum absolute atomic E-state index is 0.0193. The lowest BCUT2D eigenvalue weighted by atomic mass is 10.2. The number of benzene rings is 1. The number of pyridine rings is 1. The fourth-order valence-electron chi connectivity index (χ4n) is 3.02. The molecule has 2 N–H and O–H groups in total. The molecule has 3 rings (SSSR count). The minimum Gasteiger partial charge on any atom is -0.497 e. The lowest BCUT2D eigenvalue weighted by Gasteiger charge is -2.19. The first-order valence-electron chi connectivity index (χ1n) is 10.3. The van der Waals surface area contributed by atoms with Gasteiger partial charge < -0.3 is 19.9 Å². The van der Waals surface area contributed by atoms with E-state index in [1.165, 1.54) is 25.3 Å². The van der Waals surface area contributed by atoms with Crippen molar-refractivity contribution in [2.24, 2.45) is 0 Å². The van der Waals surface area contributed by atoms with Crippen molar-refractivity contribution in [1.82, 2.24) is 19.3 Å². The second-order valence-electron chi connectivity index (χ2n) is 7.26. The van der Waals surface area contributed by atoms with E-state index in [-0.39, 0.29) is 23.1 Å². The first kappa shape index (κ1) is 26.9. The number of carbonyl (C=O) groups excluding carboxylic acids is 1. The monoisotopic (exact) mass is 533 g/mol. The van der Waals surface area contributed by atoms with E-state index in [1.807, 2.05) is 0 Å². The fourth-order valence-corrected chi connectivity index (χ4v) is 3.19. The number of carbonyl (C=O) groups is 1. The molecule has 1 amide bonds. The molecular weight excluding hydrogens is 514 g/mol. The van der Waals surface area contributed by atoms with E-state index < -0.39 is 53.6 Å². The van der Waals surface area contributed by atoms with E-state index in [2.05, 4.69) is 15.4 Å². The Morgan fingerprint density at radius 3 is 2.56 bits per heavy atom. The van der Waals surface area contributed by atoms with Crippen molar-refractivity contribution in [3.8, 4) is 17.4 Å². The van der Waals surface area contributed by atoms with Crippen LogP contribution < -0.4 is 20.5 Å². The quantitative estimate of drug-likeness (QED) is 0.426. The number of rotatable bonds is 8. The van der Waals surface area contributed by atoms with Crippen molar-refractivity contribution in [3.05, 3.63) is 57.0 Å². The van der Waals surface area contributed by atoms with Crippen LogP contribution in [-0.4, -0.2) is 49.7 Å². The summed E-state index contributed by atoms with van der Waals surface area (Å²) in [6.07, 6.45) is -7.31. The van der Waals surface area contributed by atoms with Crippen molar-refractivity contribution in [1.29, 1.82) is 0 Å². The van der Waals surface area contributed by atoms with Gasteiger partial charge in [0, 0.05) is 12.6 Å². The van der Waals surface area contributed by atoms with Gasteiger partial charge in [0.25, 0.3) is 5.91 Å². The molecule has 1 atom stereocenters. The molecule has 0 aliphatic rings. The summed E-state index contributed by atoms with van der Waals surface area (Å²) in [4.78, 5) is 29.2. The van der Waals surface area contributed by atoms with Crippen LogP contribution in [0.5, 0.6) is 11.6 Å². The summed E-state index contributed by atoms with van der Waals surface area (Å²) in [5.74, 6) is -3.95. The van der Waals surface area contributed by atoms with Crippen molar-refractivity contribution >= 4 is 23.2 Å². The number of methoxy groups -OCH3 is 1. The Morgan fingerprint density at radius 1 is 1.31 bits per heavy atom. The Hall–Kier alpha value is -3.65. The van der Waals surface area contributed by atoms with E-state index in [9.17, 15) is 27.9 Å². The number of anilines is 1. The van der Waals surface area contributed by atoms with Gasteiger partial charge >= 0.3 is 11.9 Å². The highest BCUT2D eigenvalue weighted by molar-refractivity contribution is 6.34. The van der Waals surface area contributed by atoms with Gasteiger partial charge in [0.05, 0.1) is 17.8 Å². The molecule has 2 heterocycles. The lowest BCUT2D eigenvalue weighted by molar-refractivity contribution is -0.190. The lowest BCUT2D eigenvalue weighted by Crippen LogP contribution is -2.33. The molecule has 2 aromatic heterocycles. The molecule has 0 spiro atoms. The molecule has 0 fully saturated rings. The molecule has 0 saturated carbocycles. The summed E-state index contributed by atoms with van der Waals surface area (Å²) >= 11 is 6.06. The number of aliphatic hydroxyl groups is 1. The molecular formula is C21H20ClF4N5O5. The van der Waals surface area contributed by atoms with Gasteiger partial charge in [-0.3, -0.25) is 9.36 Å². The van der Waals surface area contributed by atoms with E-state index >= 15 is 4.39 Å². The Balaban J connectivity index is 2.14. The molecule has 0 radical (unpaired) electrons. The highest BCUT2D eigenvalue weighted by Gasteiger charge is 2.39. The van der Waals surface area contributed by atoms with Crippen molar-refractivity contribution in [2.45, 2.75) is 39.3 Å². The average molecular weight is 534 g/mol. The second kappa shape index (κ2) is 10.5. The van der Waals surface area contributed by atoms with Crippen LogP contribution in [0, 0.1) is 5.82 Å². The third-order valence-electron chi connectivity index (χ3n) is 4.94. The first-order valence-corrected chi connectivity index (χ1v) is 10.7.